The highest BCUT2D eigenvalue weighted by Gasteiger charge is 2.46. The second-order valence-corrected chi connectivity index (χ2v) is 6.17. The summed E-state index contributed by atoms with van der Waals surface area (Å²) < 4.78 is 62.7. The molecule has 1 N–H and O–H groups in total. The Morgan fingerprint density at radius 3 is 2.71 bits per heavy atom. The lowest BCUT2D eigenvalue weighted by molar-refractivity contribution is -0.228. The Bertz CT molecular complexity index is 789. The van der Waals surface area contributed by atoms with E-state index in [1.54, 1.807) is 19.9 Å². The number of hydrogen-bond donors (Lipinski definition) is 1. The van der Waals surface area contributed by atoms with Crippen molar-refractivity contribution in [1.82, 2.24) is 4.98 Å². The van der Waals surface area contributed by atoms with Crippen LogP contribution in [0.4, 0.5) is 17.6 Å². The van der Waals surface area contributed by atoms with Gasteiger partial charge in [-0.2, -0.15) is 13.2 Å². The van der Waals surface area contributed by atoms with Gasteiger partial charge in [0.25, 0.3) is 0 Å². The van der Waals surface area contributed by atoms with Gasteiger partial charge in [0.15, 0.2) is 11.8 Å². The molecule has 1 aromatic heterocycles. The average molecular weight is 403 g/mol. The Labute approximate surface area is 159 Å². The molecule has 2 heterocycles. The summed E-state index contributed by atoms with van der Waals surface area (Å²) in [5.41, 5.74) is 0.464. The summed E-state index contributed by atoms with van der Waals surface area (Å²) in [5, 5.41) is 9.49. The van der Waals surface area contributed by atoms with Crippen LogP contribution >= 0.6 is 0 Å². The Morgan fingerprint density at radius 1 is 1.50 bits per heavy atom. The normalized spacial score (nSPS) is 18.1. The number of halogens is 4. The fourth-order valence-corrected chi connectivity index (χ4v) is 2.93. The lowest BCUT2D eigenvalue weighted by Crippen LogP contribution is -2.45. The predicted molar refractivity (Wildman–Crippen MR) is 93.5 cm³/mol. The van der Waals surface area contributed by atoms with Gasteiger partial charge in [0.2, 0.25) is 5.88 Å². The molecule has 0 aromatic carbocycles. The highest BCUT2D eigenvalue weighted by Crippen LogP contribution is 2.38. The minimum Gasteiger partial charge on any atom is -0.471 e. The highest BCUT2D eigenvalue weighted by molar-refractivity contribution is 5.90. The maximum atomic E-state index is 14.0. The van der Waals surface area contributed by atoms with E-state index < -0.39 is 30.2 Å². The van der Waals surface area contributed by atoms with Crippen LogP contribution in [0.1, 0.15) is 48.3 Å². The standard InChI is InChI=1S/C19H21F4NO4/c1-4-6-11(10(3)20)13-9-14(18(26)27-5-2)24-17-12(13)7-8-15(28-17)16(25)19(21,22)23/h6,9,15-16,25H,3-5,7-8H2,1-2H3/b11-6+. The van der Waals surface area contributed by atoms with Crippen molar-refractivity contribution < 1.29 is 36.9 Å². The number of aromatic nitrogens is 1. The SMILES string of the molecule is C=C(F)/C(=C\CC)c1cc(C(=O)OCC)nc2c1CCC(C(O)C(F)(F)F)O2. The van der Waals surface area contributed by atoms with Crippen molar-refractivity contribution >= 4 is 11.5 Å². The van der Waals surface area contributed by atoms with E-state index in [0.717, 1.165) is 0 Å². The van der Waals surface area contributed by atoms with Gasteiger partial charge in [0.1, 0.15) is 11.9 Å². The van der Waals surface area contributed by atoms with Crippen molar-refractivity contribution in [2.75, 3.05) is 6.61 Å². The zero-order valence-corrected chi connectivity index (χ0v) is 15.5. The number of hydrogen-bond acceptors (Lipinski definition) is 5. The molecule has 0 radical (unpaired) electrons. The summed E-state index contributed by atoms with van der Waals surface area (Å²) in [7, 11) is 0. The maximum Gasteiger partial charge on any atom is 0.418 e. The minimum atomic E-state index is -4.87. The van der Waals surface area contributed by atoms with Gasteiger partial charge < -0.3 is 14.6 Å². The van der Waals surface area contributed by atoms with Gasteiger partial charge in [-0.25, -0.2) is 14.2 Å². The van der Waals surface area contributed by atoms with Crippen LogP contribution in [0.15, 0.2) is 24.5 Å². The number of pyridine rings is 1. The molecule has 0 amide bonds. The van der Waals surface area contributed by atoms with E-state index in [0.29, 0.717) is 12.0 Å². The smallest absolute Gasteiger partial charge is 0.418 e. The van der Waals surface area contributed by atoms with Crippen LogP contribution in [0.5, 0.6) is 5.88 Å². The first-order valence-corrected chi connectivity index (χ1v) is 8.77. The molecule has 5 nitrogen and oxygen atoms in total. The predicted octanol–water partition coefficient (Wildman–Crippen LogP) is 4.15. The van der Waals surface area contributed by atoms with E-state index in [2.05, 4.69) is 11.6 Å². The fraction of sp³-hybridized carbons (Fsp3) is 0.474. The van der Waals surface area contributed by atoms with Crippen LogP contribution in [0.2, 0.25) is 0 Å². The summed E-state index contributed by atoms with van der Waals surface area (Å²) in [6.45, 7) is 6.69. The molecular formula is C19H21F4NO4. The minimum absolute atomic E-state index is 0.0485. The summed E-state index contributed by atoms with van der Waals surface area (Å²) in [6.07, 6.45) is -7.27. The monoisotopic (exact) mass is 403 g/mol. The zero-order valence-electron chi connectivity index (χ0n) is 15.5. The molecule has 2 unspecified atom stereocenters. The van der Waals surface area contributed by atoms with Gasteiger partial charge in [-0.05, 0) is 37.8 Å². The quantitative estimate of drug-likeness (QED) is 0.439. The van der Waals surface area contributed by atoms with Crippen LogP contribution in [0.25, 0.3) is 5.57 Å². The van der Waals surface area contributed by atoms with Gasteiger partial charge in [-0.15, -0.1) is 0 Å². The van der Waals surface area contributed by atoms with Crippen LogP contribution in [0, 0.1) is 0 Å². The van der Waals surface area contributed by atoms with Gasteiger partial charge in [0.05, 0.1) is 6.61 Å². The van der Waals surface area contributed by atoms with E-state index in [9.17, 15) is 27.5 Å². The van der Waals surface area contributed by atoms with Crippen LogP contribution in [-0.2, 0) is 11.2 Å². The second-order valence-electron chi connectivity index (χ2n) is 6.17. The lowest BCUT2D eigenvalue weighted by Gasteiger charge is -2.31. The number of ether oxygens (including phenoxy) is 2. The molecule has 0 saturated heterocycles. The third-order valence-electron chi connectivity index (χ3n) is 4.19. The number of aliphatic hydroxyl groups is 1. The number of fused-ring (bicyclic) bond motifs is 1. The first kappa shape index (κ1) is 21.9. The summed E-state index contributed by atoms with van der Waals surface area (Å²) in [6, 6.07) is 1.31. The number of nitrogens with zero attached hydrogens (tertiary/aromatic N) is 1. The number of aliphatic hydroxyl groups excluding tert-OH is 1. The molecular weight excluding hydrogens is 382 g/mol. The van der Waals surface area contributed by atoms with E-state index >= 15 is 0 Å². The molecule has 0 spiro atoms. The van der Waals surface area contributed by atoms with Crippen molar-refractivity contribution in [1.29, 1.82) is 0 Å². The van der Waals surface area contributed by atoms with Crippen LogP contribution < -0.4 is 4.74 Å². The van der Waals surface area contributed by atoms with Crippen molar-refractivity contribution in [3.8, 4) is 5.88 Å². The number of allylic oxidation sites excluding steroid dienone is 3. The van der Waals surface area contributed by atoms with Crippen molar-refractivity contribution in [3.05, 3.63) is 41.4 Å². The summed E-state index contributed by atoms with van der Waals surface area (Å²) in [4.78, 5) is 16.1. The van der Waals surface area contributed by atoms with Crippen LogP contribution in [0.3, 0.4) is 0 Å². The molecule has 1 aliphatic heterocycles. The molecule has 2 rings (SSSR count). The molecule has 28 heavy (non-hydrogen) atoms. The fourth-order valence-electron chi connectivity index (χ4n) is 2.93. The zero-order chi connectivity index (χ0) is 21.1. The van der Waals surface area contributed by atoms with E-state index in [4.69, 9.17) is 9.47 Å². The van der Waals surface area contributed by atoms with Gasteiger partial charge in [-0.3, -0.25) is 0 Å². The second kappa shape index (κ2) is 8.72. The Hall–Kier alpha value is -2.42. The van der Waals surface area contributed by atoms with Gasteiger partial charge in [-0.1, -0.05) is 19.6 Å². The molecule has 1 aromatic rings. The lowest BCUT2D eigenvalue weighted by atomic mass is 9.92. The molecule has 0 saturated carbocycles. The number of esters is 1. The highest BCUT2D eigenvalue weighted by atomic mass is 19.4. The average Bonchev–Trinajstić information content (AvgIpc) is 2.63. The molecule has 0 bridgehead atoms. The van der Waals surface area contributed by atoms with E-state index in [-0.39, 0.29) is 42.2 Å². The summed E-state index contributed by atoms with van der Waals surface area (Å²) in [5.74, 6) is -1.85. The molecule has 2 atom stereocenters. The van der Waals surface area contributed by atoms with E-state index in [1.165, 1.54) is 6.07 Å². The molecule has 1 aliphatic rings. The van der Waals surface area contributed by atoms with E-state index in [1.807, 2.05) is 0 Å². The Balaban J connectivity index is 2.57. The first-order valence-electron chi connectivity index (χ1n) is 8.77. The number of alkyl halides is 3. The van der Waals surface area contributed by atoms with Gasteiger partial charge in [0, 0.05) is 11.1 Å². The summed E-state index contributed by atoms with van der Waals surface area (Å²) >= 11 is 0. The Morgan fingerprint density at radius 2 is 2.18 bits per heavy atom. The first-order chi connectivity index (χ1) is 13.1. The molecule has 154 valence electrons. The van der Waals surface area contributed by atoms with Crippen molar-refractivity contribution in [3.63, 3.8) is 0 Å². The maximum absolute atomic E-state index is 14.0. The largest absolute Gasteiger partial charge is 0.471 e. The number of carbonyl (C=O) groups is 1. The topological polar surface area (TPSA) is 68.7 Å². The van der Waals surface area contributed by atoms with Crippen molar-refractivity contribution in [2.45, 2.75) is 51.5 Å². The molecule has 9 heteroatoms. The third kappa shape index (κ3) is 4.70. The number of carbonyl (C=O) groups excluding carboxylic acids is 1. The van der Waals surface area contributed by atoms with Crippen molar-refractivity contribution in [2.24, 2.45) is 0 Å². The number of rotatable bonds is 6. The van der Waals surface area contributed by atoms with Crippen LogP contribution in [-0.4, -0.2) is 41.1 Å². The molecule has 0 fully saturated rings. The van der Waals surface area contributed by atoms with Gasteiger partial charge >= 0.3 is 12.1 Å². The Kier molecular flexibility index (Phi) is 6.82. The molecule has 0 aliphatic carbocycles. The third-order valence-corrected chi connectivity index (χ3v) is 4.19.